The number of aliphatic hydroxyl groups is 1. The molecule has 1 N–H and O–H groups in total. The highest BCUT2D eigenvalue weighted by Gasteiger charge is 2.29. The number of ether oxygens (including phenoxy) is 1. The van der Waals surface area contributed by atoms with Gasteiger partial charge in [-0.1, -0.05) is 31.5 Å². The molecule has 0 amide bonds. The second-order valence-electron chi connectivity index (χ2n) is 6.06. The quantitative estimate of drug-likeness (QED) is 0.773. The predicted molar refractivity (Wildman–Crippen MR) is 94.6 cm³/mol. The van der Waals surface area contributed by atoms with Crippen LogP contribution in [0, 0.1) is 0 Å². The van der Waals surface area contributed by atoms with Gasteiger partial charge in [0, 0.05) is 24.0 Å². The molecular weight excluding hydrogens is 286 g/mol. The Kier molecular flexibility index (Phi) is 5.19. The molecule has 1 aliphatic rings. The lowest BCUT2D eigenvalue weighted by Gasteiger charge is -2.27. The summed E-state index contributed by atoms with van der Waals surface area (Å²) in [5, 5.41) is 9.39. The van der Waals surface area contributed by atoms with E-state index < -0.39 is 0 Å². The topological polar surface area (TPSA) is 32.7 Å². The molecule has 1 aliphatic heterocycles. The molecule has 0 aliphatic carbocycles. The molecule has 122 valence electrons. The highest BCUT2D eigenvalue weighted by atomic mass is 16.5. The molecular formula is C20H25NO2. The molecule has 2 aromatic rings. The smallest absolute Gasteiger partial charge is 0.119 e. The normalized spacial score (nSPS) is 16.4. The van der Waals surface area contributed by atoms with Gasteiger partial charge in [0.1, 0.15) is 5.75 Å². The molecule has 3 heteroatoms. The van der Waals surface area contributed by atoms with Crippen molar-refractivity contribution in [2.24, 2.45) is 0 Å². The van der Waals surface area contributed by atoms with Gasteiger partial charge in [-0.25, -0.2) is 0 Å². The van der Waals surface area contributed by atoms with Crippen LogP contribution >= 0.6 is 0 Å². The molecule has 0 saturated heterocycles. The number of hydrogen-bond acceptors (Lipinski definition) is 3. The minimum absolute atomic E-state index is 0.216. The van der Waals surface area contributed by atoms with E-state index in [1.165, 1.54) is 11.3 Å². The summed E-state index contributed by atoms with van der Waals surface area (Å²) in [6, 6.07) is 17.2. The molecule has 1 heterocycles. The van der Waals surface area contributed by atoms with Crippen LogP contribution in [0.1, 0.15) is 31.7 Å². The summed E-state index contributed by atoms with van der Waals surface area (Å²) in [5.41, 5.74) is 3.77. The number of anilines is 2. The number of aliphatic hydroxyl groups excluding tert-OH is 1. The first-order valence-corrected chi connectivity index (χ1v) is 8.54. The lowest BCUT2D eigenvalue weighted by Crippen LogP contribution is -2.28. The minimum Gasteiger partial charge on any atom is -0.494 e. The van der Waals surface area contributed by atoms with E-state index in [1.807, 2.05) is 12.1 Å². The van der Waals surface area contributed by atoms with Crippen molar-refractivity contribution in [3.05, 3.63) is 54.1 Å². The number of nitrogens with zero attached hydrogens (tertiary/aromatic N) is 1. The van der Waals surface area contributed by atoms with Crippen LogP contribution in [0.3, 0.4) is 0 Å². The number of hydrogen-bond donors (Lipinski definition) is 1. The molecule has 3 nitrogen and oxygen atoms in total. The first-order chi connectivity index (χ1) is 11.3. The molecule has 2 aromatic carbocycles. The summed E-state index contributed by atoms with van der Waals surface area (Å²) in [7, 11) is 0. The average molecular weight is 311 g/mol. The summed E-state index contributed by atoms with van der Waals surface area (Å²) in [5.74, 6) is 0.924. The van der Waals surface area contributed by atoms with Gasteiger partial charge in [-0.2, -0.15) is 0 Å². The number of unbranched alkanes of at least 4 members (excludes halogenated alkanes) is 1. The highest BCUT2D eigenvalue weighted by Crippen LogP contribution is 2.39. The van der Waals surface area contributed by atoms with Gasteiger partial charge in [-0.05, 0) is 55.2 Å². The molecule has 0 aromatic heterocycles. The van der Waals surface area contributed by atoms with Gasteiger partial charge in [-0.3, -0.25) is 0 Å². The van der Waals surface area contributed by atoms with Crippen LogP contribution in [0.25, 0.3) is 0 Å². The van der Waals surface area contributed by atoms with Gasteiger partial charge < -0.3 is 14.7 Å². The van der Waals surface area contributed by atoms with Crippen LogP contribution in [0.4, 0.5) is 11.4 Å². The van der Waals surface area contributed by atoms with Crippen molar-refractivity contribution in [2.75, 3.05) is 18.1 Å². The Morgan fingerprint density at radius 2 is 1.91 bits per heavy atom. The van der Waals surface area contributed by atoms with Gasteiger partial charge in [0.05, 0.1) is 6.61 Å². The third kappa shape index (κ3) is 3.50. The number of rotatable bonds is 7. The summed E-state index contributed by atoms with van der Waals surface area (Å²) < 4.78 is 5.75. The largest absolute Gasteiger partial charge is 0.494 e. The SMILES string of the molecule is CCCCOc1ccc(N2c3ccccc3CC2CCO)cc1. The average Bonchev–Trinajstić information content (AvgIpc) is 2.94. The van der Waals surface area contributed by atoms with E-state index in [0.717, 1.165) is 43.7 Å². The van der Waals surface area contributed by atoms with Gasteiger partial charge >= 0.3 is 0 Å². The van der Waals surface area contributed by atoms with Crippen LogP contribution < -0.4 is 9.64 Å². The molecule has 0 spiro atoms. The summed E-state index contributed by atoms with van der Waals surface area (Å²) in [4.78, 5) is 2.35. The molecule has 1 unspecified atom stereocenters. The maximum Gasteiger partial charge on any atom is 0.119 e. The van der Waals surface area contributed by atoms with Gasteiger partial charge in [-0.15, -0.1) is 0 Å². The maximum absolute atomic E-state index is 9.39. The first kappa shape index (κ1) is 15.9. The third-order valence-electron chi connectivity index (χ3n) is 4.42. The Balaban J connectivity index is 1.80. The summed E-state index contributed by atoms with van der Waals surface area (Å²) >= 11 is 0. The van der Waals surface area contributed by atoms with E-state index in [0.29, 0.717) is 6.04 Å². The fourth-order valence-corrected chi connectivity index (χ4v) is 3.23. The van der Waals surface area contributed by atoms with Gasteiger partial charge in [0.25, 0.3) is 0 Å². The summed E-state index contributed by atoms with van der Waals surface area (Å²) in [6.45, 7) is 3.15. The minimum atomic E-state index is 0.216. The zero-order chi connectivity index (χ0) is 16.1. The third-order valence-corrected chi connectivity index (χ3v) is 4.42. The molecule has 0 saturated carbocycles. The van der Waals surface area contributed by atoms with E-state index in [2.05, 4.69) is 48.2 Å². The van der Waals surface area contributed by atoms with Crippen molar-refractivity contribution in [2.45, 2.75) is 38.6 Å². The summed E-state index contributed by atoms with van der Waals surface area (Å²) in [6.07, 6.45) is 4.00. The van der Waals surface area contributed by atoms with Crippen molar-refractivity contribution in [1.29, 1.82) is 0 Å². The fraction of sp³-hybridized carbons (Fsp3) is 0.400. The van der Waals surface area contributed by atoms with Crippen molar-refractivity contribution in [3.63, 3.8) is 0 Å². The lowest BCUT2D eigenvalue weighted by atomic mass is 10.1. The second kappa shape index (κ2) is 7.51. The van der Waals surface area contributed by atoms with Crippen LogP contribution in [0.2, 0.25) is 0 Å². The standard InChI is InChI=1S/C20H25NO2/c1-2-3-14-23-19-10-8-17(9-11-19)21-18(12-13-22)15-16-6-4-5-7-20(16)21/h4-11,18,22H,2-3,12-15H2,1H3. The van der Waals surface area contributed by atoms with Crippen molar-refractivity contribution in [3.8, 4) is 5.75 Å². The molecule has 1 atom stereocenters. The van der Waals surface area contributed by atoms with E-state index in [4.69, 9.17) is 4.74 Å². The Morgan fingerprint density at radius 3 is 2.65 bits per heavy atom. The molecule has 0 bridgehead atoms. The molecule has 0 radical (unpaired) electrons. The van der Waals surface area contributed by atoms with E-state index in [-0.39, 0.29) is 6.61 Å². The van der Waals surface area contributed by atoms with Gasteiger partial charge in [0.15, 0.2) is 0 Å². The predicted octanol–water partition coefficient (Wildman–Crippen LogP) is 4.31. The van der Waals surface area contributed by atoms with Crippen molar-refractivity contribution in [1.82, 2.24) is 0 Å². The lowest BCUT2D eigenvalue weighted by molar-refractivity contribution is 0.277. The first-order valence-electron chi connectivity index (χ1n) is 8.54. The zero-order valence-electron chi connectivity index (χ0n) is 13.7. The number of benzene rings is 2. The van der Waals surface area contributed by atoms with Crippen molar-refractivity contribution < 1.29 is 9.84 Å². The van der Waals surface area contributed by atoms with Crippen LogP contribution in [-0.2, 0) is 6.42 Å². The van der Waals surface area contributed by atoms with Crippen molar-refractivity contribution >= 4 is 11.4 Å². The second-order valence-corrected chi connectivity index (χ2v) is 6.06. The fourth-order valence-electron chi connectivity index (χ4n) is 3.23. The van der Waals surface area contributed by atoms with E-state index in [1.54, 1.807) is 0 Å². The Bertz CT molecular complexity index is 624. The molecule has 3 rings (SSSR count). The van der Waals surface area contributed by atoms with Crippen LogP contribution in [0.5, 0.6) is 5.75 Å². The molecule has 0 fully saturated rings. The number of fused-ring (bicyclic) bond motifs is 1. The monoisotopic (exact) mass is 311 g/mol. The Hall–Kier alpha value is -2.00. The van der Waals surface area contributed by atoms with Gasteiger partial charge in [0.2, 0.25) is 0 Å². The Labute approximate surface area is 138 Å². The Morgan fingerprint density at radius 1 is 1.13 bits per heavy atom. The van der Waals surface area contributed by atoms with E-state index >= 15 is 0 Å². The zero-order valence-corrected chi connectivity index (χ0v) is 13.7. The van der Waals surface area contributed by atoms with E-state index in [9.17, 15) is 5.11 Å². The highest BCUT2D eigenvalue weighted by molar-refractivity contribution is 5.71. The number of para-hydroxylation sites is 1. The van der Waals surface area contributed by atoms with Crippen LogP contribution in [0.15, 0.2) is 48.5 Å². The molecule has 23 heavy (non-hydrogen) atoms. The van der Waals surface area contributed by atoms with Crippen LogP contribution in [-0.4, -0.2) is 24.4 Å². The maximum atomic E-state index is 9.39.